The number of alkyl halides is 3. The topological polar surface area (TPSA) is 84.2 Å². The Bertz CT molecular complexity index is 1260. The van der Waals surface area contributed by atoms with Gasteiger partial charge in [-0.2, -0.15) is 13.2 Å². The number of hydrogen-bond donors (Lipinski definition) is 1. The largest absolute Gasteiger partial charge is 0.493 e. The van der Waals surface area contributed by atoms with Gasteiger partial charge in [0.25, 0.3) is 0 Å². The summed E-state index contributed by atoms with van der Waals surface area (Å²) in [4.78, 5) is 29.6. The highest BCUT2D eigenvalue weighted by Gasteiger charge is 2.34. The van der Waals surface area contributed by atoms with E-state index in [-0.39, 0.29) is 24.7 Å². The summed E-state index contributed by atoms with van der Waals surface area (Å²) in [5, 5.41) is 2.36. The first kappa shape index (κ1) is 30.4. The van der Waals surface area contributed by atoms with E-state index in [1.807, 2.05) is 19.1 Å². The number of methoxy groups -OCH3 is 2. The molecule has 1 heterocycles. The van der Waals surface area contributed by atoms with Gasteiger partial charge in [0.1, 0.15) is 12.3 Å². The van der Waals surface area contributed by atoms with E-state index in [1.165, 1.54) is 36.5 Å². The van der Waals surface area contributed by atoms with Crippen molar-refractivity contribution in [3.05, 3.63) is 77.7 Å². The normalized spacial score (nSPS) is 12.0. The van der Waals surface area contributed by atoms with E-state index in [0.717, 1.165) is 11.6 Å². The van der Waals surface area contributed by atoms with Crippen molar-refractivity contribution in [3.8, 4) is 11.5 Å². The third kappa shape index (κ3) is 7.93. The van der Waals surface area contributed by atoms with Crippen LogP contribution in [0.3, 0.4) is 0 Å². The first-order chi connectivity index (χ1) is 19.1. The molecule has 0 saturated heterocycles. The van der Waals surface area contributed by atoms with Crippen molar-refractivity contribution in [1.82, 2.24) is 9.80 Å². The van der Waals surface area contributed by atoms with Gasteiger partial charge in [-0.3, -0.25) is 4.79 Å². The molecule has 0 aliphatic heterocycles. The number of carbonyl (C=O) groups is 2. The smallest absolute Gasteiger partial charge is 0.418 e. The van der Waals surface area contributed by atoms with Gasteiger partial charge in [-0.1, -0.05) is 25.1 Å². The number of hydrogen-bond acceptors (Lipinski definition) is 5. The number of furan rings is 1. The van der Waals surface area contributed by atoms with E-state index in [2.05, 4.69) is 5.32 Å². The number of benzene rings is 2. The Hall–Kier alpha value is -4.15. The molecule has 0 aliphatic rings. The van der Waals surface area contributed by atoms with Gasteiger partial charge >= 0.3 is 12.2 Å². The average molecular weight is 562 g/mol. The van der Waals surface area contributed by atoms with Crippen LogP contribution < -0.4 is 14.8 Å². The maximum absolute atomic E-state index is 13.6. The van der Waals surface area contributed by atoms with Crippen molar-refractivity contribution >= 4 is 17.6 Å². The number of amides is 3. The minimum Gasteiger partial charge on any atom is -0.493 e. The molecule has 1 unspecified atom stereocenters. The minimum absolute atomic E-state index is 0.159. The molecule has 1 N–H and O–H groups in total. The van der Waals surface area contributed by atoms with Crippen LogP contribution in [0.25, 0.3) is 0 Å². The zero-order valence-electron chi connectivity index (χ0n) is 23.0. The number of anilines is 1. The Kier molecular flexibility index (Phi) is 10.5. The molecule has 1 aromatic heterocycles. The van der Waals surface area contributed by atoms with E-state index in [4.69, 9.17) is 13.9 Å². The summed E-state index contributed by atoms with van der Waals surface area (Å²) in [6.07, 6.45) is -2.18. The number of rotatable bonds is 12. The second-order valence-corrected chi connectivity index (χ2v) is 9.19. The Labute approximate surface area is 231 Å². The fourth-order valence-electron chi connectivity index (χ4n) is 4.10. The number of halogens is 3. The molecule has 3 rings (SSSR count). The SMILES string of the molecule is CCC(C)N(CC(=O)N(CCc1ccc(OC)c(OC)c1)Cc1ccco1)C(=O)Nc1ccccc1C(F)(F)F. The summed E-state index contributed by atoms with van der Waals surface area (Å²) >= 11 is 0. The molecule has 216 valence electrons. The van der Waals surface area contributed by atoms with E-state index >= 15 is 0 Å². The molecule has 0 aliphatic carbocycles. The number of nitrogens with zero attached hydrogens (tertiary/aromatic N) is 2. The van der Waals surface area contributed by atoms with Gasteiger partial charge in [0.2, 0.25) is 5.91 Å². The lowest BCUT2D eigenvalue weighted by Crippen LogP contribution is -2.48. The third-order valence-electron chi connectivity index (χ3n) is 6.56. The van der Waals surface area contributed by atoms with Gasteiger partial charge in [0, 0.05) is 12.6 Å². The Morgan fingerprint density at radius 2 is 1.75 bits per heavy atom. The second-order valence-electron chi connectivity index (χ2n) is 9.19. The van der Waals surface area contributed by atoms with E-state index in [0.29, 0.717) is 36.6 Å². The molecule has 0 radical (unpaired) electrons. The highest BCUT2D eigenvalue weighted by atomic mass is 19.4. The van der Waals surface area contributed by atoms with Crippen LogP contribution in [-0.4, -0.2) is 55.1 Å². The standard InChI is InChI=1S/C29H34F3N3O5/c1-5-20(2)35(28(37)33-24-11-7-6-10-23(24)29(30,31)32)19-27(36)34(18-22-9-8-16-40-22)15-14-21-12-13-25(38-3)26(17-21)39-4/h6-13,16-17,20H,5,14-15,18-19H2,1-4H3,(H,33,37). The summed E-state index contributed by atoms with van der Waals surface area (Å²) in [5.74, 6) is 1.32. The Morgan fingerprint density at radius 1 is 1.02 bits per heavy atom. The van der Waals surface area contributed by atoms with E-state index in [9.17, 15) is 22.8 Å². The van der Waals surface area contributed by atoms with Crippen LogP contribution in [0, 0.1) is 0 Å². The van der Waals surface area contributed by atoms with Crippen LogP contribution in [0.1, 0.15) is 37.2 Å². The first-order valence-corrected chi connectivity index (χ1v) is 12.8. The average Bonchev–Trinajstić information content (AvgIpc) is 3.46. The molecule has 40 heavy (non-hydrogen) atoms. The Balaban J connectivity index is 1.80. The second kappa shape index (κ2) is 13.8. The van der Waals surface area contributed by atoms with Gasteiger partial charge in [0.05, 0.1) is 38.3 Å². The molecule has 11 heteroatoms. The third-order valence-corrected chi connectivity index (χ3v) is 6.56. The molecule has 2 aromatic carbocycles. The molecule has 3 amide bonds. The highest BCUT2D eigenvalue weighted by molar-refractivity contribution is 5.93. The fraction of sp³-hybridized carbons (Fsp3) is 0.379. The Morgan fingerprint density at radius 3 is 2.38 bits per heavy atom. The molecule has 3 aromatic rings. The van der Waals surface area contributed by atoms with Crippen molar-refractivity contribution < 1.29 is 36.7 Å². The zero-order valence-corrected chi connectivity index (χ0v) is 23.0. The highest BCUT2D eigenvalue weighted by Crippen LogP contribution is 2.34. The van der Waals surface area contributed by atoms with Crippen LogP contribution in [0.15, 0.2) is 65.3 Å². The molecular weight excluding hydrogens is 527 g/mol. The summed E-state index contributed by atoms with van der Waals surface area (Å²) in [7, 11) is 3.08. The molecule has 8 nitrogen and oxygen atoms in total. The molecule has 1 atom stereocenters. The van der Waals surface area contributed by atoms with Crippen LogP contribution in [0.4, 0.5) is 23.7 Å². The lowest BCUT2D eigenvalue weighted by atomic mass is 10.1. The summed E-state index contributed by atoms with van der Waals surface area (Å²) < 4.78 is 56.6. The van der Waals surface area contributed by atoms with Gasteiger partial charge in [-0.05, 0) is 61.7 Å². The minimum atomic E-state index is -4.65. The maximum Gasteiger partial charge on any atom is 0.418 e. The number of nitrogens with one attached hydrogen (secondary N) is 1. The number of carbonyl (C=O) groups excluding carboxylic acids is 2. The lowest BCUT2D eigenvalue weighted by molar-refractivity contribution is -0.137. The van der Waals surface area contributed by atoms with Gasteiger partial charge in [-0.15, -0.1) is 0 Å². The van der Waals surface area contributed by atoms with Gasteiger partial charge < -0.3 is 29.0 Å². The molecule has 0 saturated carbocycles. The van der Waals surface area contributed by atoms with E-state index < -0.39 is 23.8 Å². The van der Waals surface area contributed by atoms with Crippen molar-refractivity contribution in [2.75, 3.05) is 32.6 Å². The lowest BCUT2D eigenvalue weighted by Gasteiger charge is -2.31. The van der Waals surface area contributed by atoms with Crippen molar-refractivity contribution in [2.24, 2.45) is 0 Å². The van der Waals surface area contributed by atoms with Crippen molar-refractivity contribution in [2.45, 2.75) is 45.5 Å². The summed E-state index contributed by atoms with van der Waals surface area (Å²) in [6, 6.07) is 12.4. The summed E-state index contributed by atoms with van der Waals surface area (Å²) in [6.45, 7) is 3.69. The summed E-state index contributed by atoms with van der Waals surface area (Å²) in [5.41, 5.74) is -0.440. The fourth-order valence-corrected chi connectivity index (χ4v) is 4.10. The predicted molar refractivity (Wildman–Crippen MR) is 144 cm³/mol. The monoisotopic (exact) mass is 561 g/mol. The molecular formula is C29H34F3N3O5. The van der Waals surface area contributed by atoms with Crippen LogP contribution in [0.5, 0.6) is 11.5 Å². The predicted octanol–water partition coefficient (Wildman–Crippen LogP) is 6.22. The molecule has 0 bridgehead atoms. The van der Waals surface area contributed by atoms with Crippen LogP contribution in [0.2, 0.25) is 0 Å². The van der Waals surface area contributed by atoms with Gasteiger partial charge in [-0.25, -0.2) is 4.79 Å². The van der Waals surface area contributed by atoms with Crippen LogP contribution >= 0.6 is 0 Å². The number of para-hydroxylation sites is 1. The first-order valence-electron chi connectivity index (χ1n) is 12.8. The zero-order chi connectivity index (χ0) is 29.3. The quantitative estimate of drug-likeness (QED) is 0.284. The molecule has 0 spiro atoms. The maximum atomic E-state index is 13.6. The molecule has 0 fully saturated rings. The van der Waals surface area contributed by atoms with E-state index in [1.54, 1.807) is 37.1 Å². The van der Waals surface area contributed by atoms with Crippen LogP contribution in [-0.2, 0) is 23.9 Å². The van der Waals surface area contributed by atoms with Crippen molar-refractivity contribution in [3.63, 3.8) is 0 Å². The van der Waals surface area contributed by atoms with Crippen molar-refractivity contribution in [1.29, 1.82) is 0 Å². The number of urea groups is 1. The van der Waals surface area contributed by atoms with Gasteiger partial charge in [0.15, 0.2) is 11.5 Å². The number of ether oxygens (including phenoxy) is 2.